The van der Waals surface area contributed by atoms with Gasteiger partial charge in [-0.3, -0.25) is 4.79 Å². The minimum atomic E-state index is -4.09. The molecule has 0 aliphatic carbocycles. The second-order valence-corrected chi connectivity index (χ2v) is 5.21. The first-order chi connectivity index (χ1) is 7.84. The van der Waals surface area contributed by atoms with Crippen LogP contribution in [0.5, 0.6) is 0 Å². The first-order valence-electron chi connectivity index (χ1n) is 5.35. The normalized spacial score (nSPS) is 21.2. The molecule has 1 aliphatic heterocycles. The summed E-state index contributed by atoms with van der Waals surface area (Å²) in [6.45, 7) is 1.11. The van der Waals surface area contributed by atoms with E-state index in [0.29, 0.717) is 19.6 Å². The van der Waals surface area contributed by atoms with Crippen LogP contribution in [0.3, 0.4) is 0 Å². The summed E-state index contributed by atoms with van der Waals surface area (Å²) < 4.78 is 41.8. The molecule has 0 amide bonds. The summed E-state index contributed by atoms with van der Waals surface area (Å²) in [6, 6.07) is 0. The van der Waals surface area contributed by atoms with E-state index in [1.165, 1.54) is 7.11 Å². The van der Waals surface area contributed by atoms with Gasteiger partial charge < -0.3 is 9.64 Å². The smallest absolute Gasteiger partial charge is 0.391 e. The van der Waals surface area contributed by atoms with Crippen LogP contribution in [0.1, 0.15) is 12.8 Å². The lowest BCUT2D eigenvalue weighted by molar-refractivity contribution is -0.185. The zero-order chi connectivity index (χ0) is 13.1. The van der Waals surface area contributed by atoms with E-state index in [2.05, 4.69) is 20.7 Å². The van der Waals surface area contributed by atoms with Crippen LogP contribution in [0, 0.1) is 5.92 Å². The van der Waals surface area contributed by atoms with Gasteiger partial charge in [0.05, 0.1) is 13.0 Å². The lowest BCUT2D eigenvalue weighted by Gasteiger charge is -2.33. The van der Waals surface area contributed by atoms with Crippen LogP contribution >= 0.6 is 15.9 Å². The van der Waals surface area contributed by atoms with Gasteiger partial charge in [-0.2, -0.15) is 13.2 Å². The number of esters is 1. The van der Waals surface area contributed by atoms with Gasteiger partial charge >= 0.3 is 12.1 Å². The molecule has 0 aromatic carbocycles. The number of nitrogens with zero attached hydrogens (tertiary/aromatic N) is 1. The molecule has 1 atom stereocenters. The van der Waals surface area contributed by atoms with Gasteiger partial charge in [0.1, 0.15) is 4.83 Å². The molecule has 0 radical (unpaired) electrons. The van der Waals surface area contributed by atoms with E-state index in [1.54, 1.807) is 0 Å². The van der Waals surface area contributed by atoms with Gasteiger partial charge in [-0.25, -0.2) is 0 Å². The summed E-state index contributed by atoms with van der Waals surface area (Å²) in [4.78, 5) is 12.5. The van der Waals surface area contributed by atoms with Gasteiger partial charge in [-0.05, 0) is 25.9 Å². The van der Waals surface area contributed by atoms with Gasteiger partial charge in [0.2, 0.25) is 0 Å². The van der Waals surface area contributed by atoms with Gasteiger partial charge in [-0.1, -0.05) is 15.9 Å². The zero-order valence-electron chi connectivity index (χ0n) is 9.47. The molecule has 1 fully saturated rings. The third-order valence-corrected chi connectivity index (χ3v) is 3.59. The predicted molar refractivity (Wildman–Crippen MR) is 60.0 cm³/mol. The minimum Gasteiger partial charge on any atom is -0.468 e. The van der Waals surface area contributed by atoms with Crippen molar-refractivity contribution in [1.82, 2.24) is 4.90 Å². The molecule has 100 valence electrons. The number of hydrogen-bond donors (Lipinski definition) is 0. The fourth-order valence-corrected chi connectivity index (χ4v) is 2.47. The quantitative estimate of drug-likeness (QED) is 0.590. The van der Waals surface area contributed by atoms with Crippen molar-refractivity contribution in [2.75, 3.05) is 26.7 Å². The van der Waals surface area contributed by atoms with E-state index in [0.717, 1.165) is 0 Å². The number of ether oxygens (including phenoxy) is 1. The Morgan fingerprint density at radius 1 is 1.47 bits per heavy atom. The molecule has 1 unspecified atom stereocenters. The summed E-state index contributed by atoms with van der Waals surface area (Å²) >= 11 is 3.16. The molecule has 3 nitrogen and oxygen atoms in total. The number of halogens is 4. The molecule has 0 aromatic heterocycles. The maximum atomic E-state index is 12.4. The van der Waals surface area contributed by atoms with Gasteiger partial charge in [-0.15, -0.1) is 0 Å². The van der Waals surface area contributed by atoms with Crippen LogP contribution < -0.4 is 0 Å². The predicted octanol–water partition coefficient (Wildman–Crippen LogP) is 2.20. The number of carbonyl (C=O) groups is 1. The second kappa shape index (κ2) is 6.04. The third kappa shape index (κ3) is 4.46. The largest absolute Gasteiger partial charge is 0.468 e. The standard InChI is InChI=1S/C10H15BrF3NO2/c1-17-9(16)8(11)6-15-4-2-7(3-5-15)10(12,13)14/h7-8H,2-6H2,1H3. The summed E-state index contributed by atoms with van der Waals surface area (Å²) in [5, 5.41) is 0. The Labute approximate surface area is 106 Å². The Kier molecular flexibility index (Phi) is 5.24. The lowest BCUT2D eigenvalue weighted by Crippen LogP contribution is -2.42. The maximum Gasteiger partial charge on any atom is 0.391 e. The van der Waals surface area contributed by atoms with Crippen LogP contribution in [-0.2, 0) is 9.53 Å². The number of likely N-dealkylation sites (tertiary alicyclic amines) is 1. The molecule has 1 heterocycles. The zero-order valence-corrected chi connectivity index (χ0v) is 11.1. The van der Waals surface area contributed by atoms with E-state index in [9.17, 15) is 18.0 Å². The Morgan fingerprint density at radius 3 is 2.41 bits per heavy atom. The topological polar surface area (TPSA) is 29.5 Å². The Hall–Kier alpha value is -0.300. The first kappa shape index (κ1) is 14.8. The first-order valence-corrected chi connectivity index (χ1v) is 6.27. The van der Waals surface area contributed by atoms with Gasteiger partial charge in [0, 0.05) is 6.54 Å². The van der Waals surface area contributed by atoms with Gasteiger partial charge in [0.25, 0.3) is 0 Å². The molecule has 0 aromatic rings. The van der Waals surface area contributed by atoms with Crippen LogP contribution in [-0.4, -0.2) is 48.6 Å². The lowest BCUT2D eigenvalue weighted by atomic mass is 9.96. The van der Waals surface area contributed by atoms with E-state index in [4.69, 9.17) is 0 Å². The molecule has 0 N–H and O–H groups in total. The van der Waals surface area contributed by atoms with Crippen molar-refractivity contribution in [3.63, 3.8) is 0 Å². The molecule has 0 saturated carbocycles. The molecule has 1 aliphatic rings. The second-order valence-electron chi connectivity index (χ2n) is 4.11. The van der Waals surface area contributed by atoms with Crippen molar-refractivity contribution >= 4 is 21.9 Å². The van der Waals surface area contributed by atoms with Crippen LogP contribution in [0.15, 0.2) is 0 Å². The van der Waals surface area contributed by atoms with Crippen molar-refractivity contribution in [2.45, 2.75) is 23.8 Å². The summed E-state index contributed by atoms with van der Waals surface area (Å²) in [5.74, 6) is -1.60. The summed E-state index contributed by atoms with van der Waals surface area (Å²) in [6.07, 6.45) is -3.89. The molecule has 17 heavy (non-hydrogen) atoms. The average molecular weight is 318 g/mol. The fourth-order valence-electron chi connectivity index (χ4n) is 1.87. The number of methoxy groups -OCH3 is 1. The van der Waals surface area contributed by atoms with Crippen molar-refractivity contribution in [2.24, 2.45) is 5.92 Å². The van der Waals surface area contributed by atoms with Crippen LogP contribution in [0.4, 0.5) is 13.2 Å². The average Bonchev–Trinajstić information content (AvgIpc) is 2.27. The van der Waals surface area contributed by atoms with E-state index in [-0.39, 0.29) is 12.8 Å². The van der Waals surface area contributed by atoms with Crippen molar-refractivity contribution < 1.29 is 22.7 Å². The number of hydrogen-bond acceptors (Lipinski definition) is 3. The minimum absolute atomic E-state index is 0.102. The molecule has 7 heteroatoms. The number of piperidine rings is 1. The number of alkyl halides is 4. The van der Waals surface area contributed by atoms with E-state index < -0.39 is 22.9 Å². The highest BCUT2D eigenvalue weighted by Crippen LogP contribution is 2.34. The molecule has 1 saturated heterocycles. The monoisotopic (exact) mass is 317 g/mol. The fraction of sp³-hybridized carbons (Fsp3) is 0.900. The third-order valence-electron chi connectivity index (χ3n) is 2.93. The molecular formula is C10H15BrF3NO2. The van der Waals surface area contributed by atoms with Gasteiger partial charge in [0.15, 0.2) is 0 Å². The van der Waals surface area contributed by atoms with Crippen molar-refractivity contribution in [3.05, 3.63) is 0 Å². The molecule has 0 spiro atoms. The number of rotatable bonds is 3. The van der Waals surface area contributed by atoms with Crippen molar-refractivity contribution in [3.8, 4) is 0 Å². The van der Waals surface area contributed by atoms with Crippen LogP contribution in [0.2, 0.25) is 0 Å². The Balaban J connectivity index is 2.35. The summed E-state index contributed by atoms with van der Waals surface area (Å²) in [7, 11) is 1.28. The summed E-state index contributed by atoms with van der Waals surface area (Å²) in [5.41, 5.74) is 0. The Bertz CT molecular complexity index is 265. The number of carbonyl (C=O) groups excluding carboxylic acids is 1. The highest BCUT2D eigenvalue weighted by Gasteiger charge is 2.41. The van der Waals surface area contributed by atoms with Crippen molar-refractivity contribution in [1.29, 1.82) is 0 Å². The maximum absolute atomic E-state index is 12.4. The Morgan fingerprint density at radius 2 is 2.00 bits per heavy atom. The molecule has 1 rings (SSSR count). The van der Waals surface area contributed by atoms with E-state index >= 15 is 0 Å². The van der Waals surface area contributed by atoms with Crippen LogP contribution in [0.25, 0.3) is 0 Å². The highest BCUT2D eigenvalue weighted by atomic mass is 79.9. The SMILES string of the molecule is COC(=O)C(Br)CN1CCC(C(F)(F)F)CC1. The molecular weight excluding hydrogens is 303 g/mol. The van der Waals surface area contributed by atoms with E-state index in [1.807, 2.05) is 4.90 Å². The highest BCUT2D eigenvalue weighted by molar-refractivity contribution is 9.10. The molecule has 0 bridgehead atoms.